The van der Waals surface area contributed by atoms with E-state index in [1.807, 2.05) is 0 Å². The van der Waals surface area contributed by atoms with Gasteiger partial charge in [-0.25, -0.2) is 9.59 Å². The number of hydrogen-bond donors (Lipinski definition) is 3. The Labute approximate surface area is 131 Å². The van der Waals surface area contributed by atoms with E-state index in [0.29, 0.717) is 11.3 Å². The summed E-state index contributed by atoms with van der Waals surface area (Å²) in [5.74, 6) is -0.663. The summed E-state index contributed by atoms with van der Waals surface area (Å²) < 4.78 is 9.79. The first-order valence-corrected chi connectivity index (χ1v) is 6.69. The minimum Gasteiger partial charge on any atom is -0.503 e. The Morgan fingerprint density at radius 2 is 2.05 bits per heavy atom. The monoisotopic (exact) mass is 326 g/mol. The Morgan fingerprint density at radius 3 is 2.64 bits per heavy atom. The van der Waals surface area contributed by atoms with Crippen LogP contribution < -0.4 is 15.4 Å². The van der Waals surface area contributed by atoms with Gasteiger partial charge in [-0.15, -0.1) is 0 Å². The van der Waals surface area contributed by atoms with E-state index in [4.69, 9.17) is 21.1 Å². The van der Waals surface area contributed by atoms with Gasteiger partial charge in [0.25, 0.3) is 0 Å². The molecule has 1 heterocycles. The number of carbonyl (C=O) groups excluding carboxylic acids is 2. The molecule has 2 rings (SSSR count). The number of allylic oxidation sites excluding steroid dienone is 1. The molecule has 1 unspecified atom stereocenters. The Balaban J connectivity index is 2.58. The molecule has 1 aromatic carbocycles. The lowest BCUT2D eigenvalue weighted by Gasteiger charge is -2.28. The number of nitrogens with one attached hydrogen (secondary N) is 2. The van der Waals surface area contributed by atoms with Crippen LogP contribution in [0.4, 0.5) is 4.79 Å². The van der Waals surface area contributed by atoms with Gasteiger partial charge in [-0.2, -0.15) is 0 Å². The van der Waals surface area contributed by atoms with Gasteiger partial charge in [0.1, 0.15) is 0 Å². The highest BCUT2D eigenvalue weighted by Crippen LogP contribution is 2.39. The van der Waals surface area contributed by atoms with Crippen LogP contribution in [0.3, 0.4) is 0 Å². The second-order valence-electron chi connectivity index (χ2n) is 4.62. The molecule has 2 amide bonds. The van der Waals surface area contributed by atoms with E-state index in [0.717, 1.165) is 0 Å². The summed E-state index contributed by atoms with van der Waals surface area (Å²) in [6.07, 6.45) is 0. The minimum absolute atomic E-state index is 0.0454. The number of urea groups is 1. The van der Waals surface area contributed by atoms with E-state index in [1.54, 1.807) is 6.92 Å². The number of benzene rings is 1. The first-order valence-electron chi connectivity index (χ1n) is 6.32. The van der Waals surface area contributed by atoms with Crippen LogP contribution in [0.5, 0.6) is 11.5 Å². The van der Waals surface area contributed by atoms with E-state index in [1.165, 1.54) is 26.4 Å². The van der Waals surface area contributed by atoms with Crippen LogP contribution in [0.15, 0.2) is 23.4 Å². The second kappa shape index (κ2) is 6.15. The third-order valence-electron chi connectivity index (χ3n) is 3.28. The minimum atomic E-state index is -0.770. The van der Waals surface area contributed by atoms with Crippen LogP contribution in [-0.4, -0.2) is 31.3 Å². The molecular formula is C14H15ClN2O5. The fourth-order valence-electron chi connectivity index (χ4n) is 2.24. The fourth-order valence-corrected chi connectivity index (χ4v) is 2.46. The average Bonchev–Trinajstić information content (AvgIpc) is 2.48. The van der Waals surface area contributed by atoms with Crippen LogP contribution in [0.1, 0.15) is 18.5 Å². The summed E-state index contributed by atoms with van der Waals surface area (Å²) in [6.45, 7) is 1.59. The number of phenolic OH excluding ortho intramolecular Hbond substituents is 1. The number of aromatic hydroxyl groups is 1. The van der Waals surface area contributed by atoms with Crippen molar-refractivity contribution in [3.05, 3.63) is 34.0 Å². The summed E-state index contributed by atoms with van der Waals surface area (Å²) in [7, 11) is 2.62. The van der Waals surface area contributed by atoms with Gasteiger partial charge < -0.3 is 25.2 Å². The highest BCUT2D eigenvalue weighted by Gasteiger charge is 2.32. The molecule has 0 spiro atoms. The van der Waals surface area contributed by atoms with Crippen LogP contribution in [0, 0.1) is 0 Å². The quantitative estimate of drug-likeness (QED) is 0.737. The number of methoxy groups -OCH3 is 2. The topological polar surface area (TPSA) is 96.9 Å². The van der Waals surface area contributed by atoms with Crippen molar-refractivity contribution in [3.63, 3.8) is 0 Å². The number of phenols is 1. The second-order valence-corrected chi connectivity index (χ2v) is 5.02. The zero-order chi connectivity index (χ0) is 16.4. The molecule has 0 aliphatic carbocycles. The Hall–Kier alpha value is -2.41. The molecule has 1 aromatic rings. The maximum absolute atomic E-state index is 12.0. The summed E-state index contributed by atoms with van der Waals surface area (Å²) in [4.78, 5) is 23.7. The molecule has 118 valence electrons. The first kappa shape index (κ1) is 16.0. The third kappa shape index (κ3) is 2.80. The SMILES string of the molecule is COC(=O)C1=C(C)NC(=O)NC1c1cc(Cl)c(O)c(OC)c1. The molecule has 8 heteroatoms. The number of amides is 2. The summed E-state index contributed by atoms with van der Waals surface area (Å²) >= 11 is 5.96. The molecule has 1 atom stereocenters. The summed E-state index contributed by atoms with van der Waals surface area (Å²) in [5.41, 5.74) is 1.10. The highest BCUT2D eigenvalue weighted by molar-refractivity contribution is 6.32. The van der Waals surface area contributed by atoms with Crippen LogP contribution >= 0.6 is 11.6 Å². The molecule has 0 fully saturated rings. The maximum Gasteiger partial charge on any atom is 0.337 e. The molecule has 0 bridgehead atoms. The molecule has 0 radical (unpaired) electrons. The predicted octanol–water partition coefficient (Wildman–Crippen LogP) is 1.86. The molecular weight excluding hydrogens is 312 g/mol. The van der Waals surface area contributed by atoms with E-state index in [2.05, 4.69) is 10.6 Å². The lowest BCUT2D eigenvalue weighted by Crippen LogP contribution is -2.45. The van der Waals surface area contributed by atoms with Gasteiger partial charge in [0.2, 0.25) is 0 Å². The number of rotatable bonds is 3. The fraction of sp³-hybridized carbons (Fsp3) is 0.286. The summed E-state index contributed by atoms with van der Waals surface area (Å²) in [6, 6.07) is 1.71. The number of esters is 1. The van der Waals surface area contributed by atoms with Gasteiger partial charge in [-0.05, 0) is 24.6 Å². The van der Waals surface area contributed by atoms with Crippen LogP contribution in [0.25, 0.3) is 0 Å². The van der Waals surface area contributed by atoms with Crippen molar-refractivity contribution in [2.45, 2.75) is 13.0 Å². The largest absolute Gasteiger partial charge is 0.503 e. The summed E-state index contributed by atoms with van der Waals surface area (Å²) in [5, 5.41) is 15.0. The van der Waals surface area contributed by atoms with Crippen molar-refractivity contribution < 1.29 is 24.2 Å². The molecule has 1 aliphatic rings. The Morgan fingerprint density at radius 1 is 1.36 bits per heavy atom. The first-order chi connectivity index (χ1) is 10.4. The number of halogens is 1. The van der Waals surface area contributed by atoms with E-state index in [-0.39, 0.29) is 22.1 Å². The molecule has 1 aliphatic heterocycles. The van der Waals surface area contributed by atoms with Crippen molar-refractivity contribution in [2.24, 2.45) is 0 Å². The van der Waals surface area contributed by atoms with Gasteiger partial charge in [0, 0.05) is 5.70 Å². The number of ether oxygens (including phenoxy) is 2. The van der Waals surface area contributed by atoms with Crippen molar-refractivity contribution in [1.82, 2.24) is 10.6 Å². The Kier molecular flexibility index (Phi) is 4.46. The lowest BCUT2D eigenvalue weighted by molar-refractivity contribution is -0.136. The van der Waals surface area contributed by atoms with Gasteiger partial charge in [0.15, 0.2) is 11.5 Å². The van der Waals surface area contributed by atoms with E-state index in [9.17, 15) is 14.7 Å². The highest BCUT2D eigenvalue weighted by atomic mass is 35.5. The zero-order valence-electron chi connectivity index (χ0n) is 12.2. The molecule has 3 N–H and O–H groups in total. The smallest absolute Gasteiger partial charge is 0.337 e. The van der Waals surface area contributed by atoms with Crippen molar-refractivity contribution in [1.29, 1.82) is 0 Å². The number of hydrogen-bond acceptors (Lipinski definition) is 5. The molecule has 7 nitrogen and oxygen atoms in total. The van der Waals surface area contributed by atoms with Crippen LogP contribution in [0.2, 0.25) is 5.02 Å². The van der Waals surface area contributed by atoms with E-state index < -0.39 is 18.0 Å². The van der Waals surface area contributed by atoms with Crippen molar-refractivity contribution in [3.8, 4) is 11.5 Å². The molecule has 0 aromatic heterocycles. The zero-order valence-corrected chi connectivity index (χ0v) is 12.9. The van der Waals surface area contributed by atoms with Gasteiger partial charge in [-0.1, -0.05) is 11.6 Å². The predicted molar refractivity (Wildman–Crippen MR) is 78.8 cm³/mol. The van der Waals surface area contributed by atoms with Gasteiger partial charge in [-0.3, -0.25) is 0 Å². The average molecular weight is 327 g/mol. The van der Waals surface area contributed by atoms with Crippen molar-refractivity contribution >= 4 is 23.6 Å². The third-order valence-corrected chi connectivity index (χ3v) is 3.57. The van der Waals surface area contributed by atoms with Crippen molar-refractivity contribution in [2.75, 3.05) is 14.2 Å². The Bertz CT molecular complexity index is 671. The lowest BCUT2D eigenvalue weighted by atomic mass is 9.95. The number of carbonyl (C=O) groups is 2. The van der Waals surface area contributed by atoms with Gasteiger partial charge in [0.05, 0.1) is 30.9 Å². The standard InChI is InChI=1S/C14H15ClN2O5/c1-6-10(13(19)22-3)11(17-14(20)16-6)7-4-8(15)12(18)9(5-7)21-2/h4-5,11,18H,1-3H3,(H2,16,17,20). The van der Waals surface area contributed by atoms with E-state index >= 15 is 0 Å². The normalized spacial score (nSPS) is 17.6. The van der Waals surface area contributed by atoms with Crippen LogP contribution in [-0.2, 0) is 9.53 Å². The molecule has 0 saturated heterocycles. The maximum atomic E-state index is 12.0. The molecule has 0 saturated carbocycles. The molecule has 22 heavy (non-hydrogen) atoms. The van der Waals surface area contributed by atoms with Gasteiger partial charge >= 0.3 is 12.0 Å².